The quantitative estimate of drug-likeness (QED) is 0.582. The molecule has 0 radical (unpaired) electrons. The fourth-order valence-electron chi connectivity index (χ4n) is 3.64. The molecule has 2 heterocycles. The molecular weight excluding hydrogens is 416 g/mol. The summed E-state index contributed by atoms with van der Waals surface area (Å²) in [5.41, 5.74) is 1.99. The van der Waals surface area contributed by atoms with Crippen LogP contribution in [0.4, 0.5) is 5.82 Å². The summed E-state index contributed by atoms with van der Waals surface area (Å²) >= 11 is 5.86. The van der Waals surface area contributed by atoms with Crippen molar-refractivity contribution in [3.8, 4) is 22.8 Å². The molecule has 1 fully saturated rings. The largest absolute Gasteiger partial charge is 0.497 e. The van der Waals surface area contributed by atoms with Crippen molar-refractivity contribution in [1.82, 2.24) is 15.5 Å². The normalized spacial score (nSPS) is 16.1. The standard InChI is InChI=1S/C23H25ClN4O3/c1-30-19-8-4-16(5-9-19)21-13-22(27-26-21)28-12-2-3-18(14-28)25-23(29)15-31-20-10-6-17(24)7-11-20/h4-11,13,18H,2-3,12,14-15H2,1H3,(H,25,29)(H,26,27)/t18-/m0/s1. The van der Waals surface area contributed by atoms with Gasteiger partial charge in [0.15, 0.2) is 12.4 Å². The summed E-state index contributed by atoms with van der Waals surface area (Å²) in [6.45, 7) is 1.59. The zero-order valence-electron chi connectivity index (χ0n) is 17.3. The minimum absolute atomic E-state index is 0.0256. The summed E-state index contributed by atoms with van der Waals surface area (Å²) in [5, 5.41) is 11.3. The molecule has 0 saturated carbocycles. The number of aromatic nitrogens is 2. The molecule has 0 aliphatic carbocycles. The first-order chi connectivity index (χ1) is 15.1. The topological polar surface area (TPSA) is 79.5 Å². The third kappa shape index (κ3) is 5.49. The number of ether oxygens (including phenoxy) is 2. The molecule has 0 spiro atoms. The predicted molar refractivity (Wildman–Crippen MR) is 121 cm³/mol. The van der Waals surface area contributed by atoms with Gasteiger partial charge in [-0.2, -0.15) is 5.10 Å². The van der Waals surface area contributed by atoms with Gasteiger partial charge in [-0.05, 0) is 66.9 Å². The molecule has 7 nitrogen and oxygen atoms in total. The molecule has 162 valence electrons. The highest BCUT2D eigenvalue weighted by molar-refractivity contribution is 6.30. The van der Waals surface area contributed by atoms with Crippen LogP contribution in [0.1, 0.15) is 12.8 Å². The maximum Gasteiger partial charge on any atom is 0.258 e. The highest BCUT2D eigenvalue weighted by Gasteiger charge is 2.23. The molecule has 0 unspecified atom stereocenters. The van der Waals surface area contributed by atoms with Crippen molar-refractivity contribution in [3.05, 3.63) is 59.6 Å². The number of hydrogen-bond donors (Lipinski definition) is 2. The lowest BCUT2D eigenvalue weighted by molar-refractivity contribution is -0.123. The van der Waals surface area contributed by atoms with Crippen LogP contribution in [0.2, 0.25) is 5.02 Å². The number of nitrogens with zero attached hydrogens (tertiary/aromatic N) is 2. The van der Waals surface area contributed by atoms with Crippen molar-refractivity contribution in [2.24, 2.45) is 0 Å². The molecule has 31 heavy (non-hydrogen) atoms. The number of nitrogens with one attached hydrogen (secondary N) is 2. The van der Waals surface area contributed by atoms with Crippen LogP contribution in [0.3, 0.4) is 0 Å². The molecule has 2 N–H and O–H groups in total. The van der Waals surface area contributed by atoms with E-state index in [0.717, 1.165) is 42.2 Å². The molecule has 1 saturated heterocycles. The van der Waals surface area contributed by atoms with Crippen molar-refractivity contribution in [1.29, 1.82) is 0 Å². The lowest BCUT2D eigenvalue weighted by Gasteiger charge is -2.33. The molecule has 4 rings (SSSR count). The average Bonchev–Trinajstić information content (AvgIpc) is 3.29. The molecule has 2 aromatic carbocycles. The Labute approximate surface area is 186 Å². The number of piperidine rings is 1. The predicted octanol–water partition coefficient (Wildman–Crippen LogP) is 3.90. The minimum atomic E-state index is -0.136. The van der Waals surface area contributed by atoms with Crippen LogP contribution in [-0.4, -0.2) is 49.0 Å². The summed E-state index contributed by atoms with van der Waals surface area (Å²) in [5.74, 6) is 2.18. The van der Waals surface area contributed by atoms with Crippen LogP contribution in [0.15, 0.2) is 54.6 Å². The van der Waals surface area contributed by atoms with Crippen molar-refractivity contribution < 1.29 is 14.3 Å². The Morgan fingerprint density at radius 2 is 1.94 bits per heavy atom. The molecule has 3 aromatic rings. The lowest BCUT2D eigenvalue weighted by Crippen LogP contribution is -2.49. The molecule has 0 bridgehead atoms. The number of methoxy groups -OCH3 is 1. The summed E-state index contributed by atoms with van der Waals surface area (Å²) in [6, 6.07) is 16.9. The summed E-state index contributed by atoms with van der Waals surface area (Å²) in [4.78, 5) is 14.5. The Morgan fingerprint density at radius 3 is 2.68 bits per heavy atom. The van der Waals surface area contributed by atoms with Gasteiger partial charge in [0.1, 0.15) is 11.5 Å². The van der Waals surface area contributed by atoms with E-state index in [9.17, 15) is 4.79 Å². The number of H-pyrrole nitrogens is 1. The van der Waals surface area contributed by atoms with Gasteiger partial charge < -0.3 is 19.7 Å². The van der Waals surface area contributed by atoms with Crippen LogP contribution in [0.5, 0.6) is 11.5 Å². The first-order valence-electron chi connectivity index (χ1n) is 10.2. The molecule has 8 heteroatoms. The van der Waals surface area contributed by atoms with E-state index < -0.39 is 0 Å². The van der Waals surface area contributed by atoms with Crippen LogP contribution in [0, 0.1) is 0 Å². The van der Waals surface area contributed by atoms with Gasteiger partial charge in [0, 0.05) is 30.2 Å². The molecule has 1 aromatic heterocycles. The van der Waals surface area contributed by atoms with Gasteiger partial charge in [-0.3, -0.25) is 9.89 Å². The summed E-state index contributed by atoms with van der Waals surface area (Å²) in [7, 11) is 1.65. The molecule has 1 aliphatic heterocycles. The lowest BCUT2D eigenvalue weighted by atomic mass is 10.1. The Morgan fingerprint density at radius 1 is 1.19 bits per heavy atom. The van der Waals surface area contributed by atoms with E-state index in [4.69, 9.17) is 21.1 Å². The van der Waals surface area contributed by atoms with Gasteiger partial charge >= 0.3 is 0 Å². The molecular formula is C23H25ClN4O3. The van der Waals surface area contributed by atoms with E-state index in [0.29, 0.717) is 17.3 Å². The monoisotopic (exact) mass is 440 g/mol. The van der Waals surface area contributed by atoms with E-state index in [1.807, 2.05) is 30.3 Å². The molecule has 1 aliphatic rings. The van der Waals surface area contributed by atoms with E-state index in [1.54, 1.807) is 31.4 Å². The van der Waals surface area contributed by atoms with E-state index in [-0.39, 0.29) is 18.6 Å². The second-order valence-electron chi connectivity index (χ2n) is 7.46. The number of halogens is 1. The second kappa shape index (κ2) is 9.75. The zero-order valence-corrected chi connectivity index (χ0v) is 18.1. The molecule has 1 atom stereocenters. The number of hydrogen-bond acceptors (Lipinski definition) is 5. The third-order valence-corrected chi connectivity index (χ3v) is 5.51. The Kier molecular flexibility index (Phi) is 6.62. The Bertz CT molecular complexity index is 1000. The average molecular weight is 441 g/mol. The van der Waals surface area contributed by atoms with Gasteiger partial charge in [0.25, 0.3) is 5.91 Å². The Balaban J connectivity index is 1.31. The van der Waals surface area contributed by atoms with Crippen LogP contribution in [-0.2, 0) is 4.79 Å². The maximum atomic E-state index is 12.3. The van der Waals surface area contributed by atoms with E-state index in [1.165, 1.54) is 0 Å². The number of amides is 1. The van der Waals surface area contributed by atoms with Gasteiger partial charge in [-0.25, -0.2) is 0 Å². The SMILES string of the molecule is COc1ccc(-c2cc(N3CCC[C@H](NC(=O)COc4ccc(Cl)cc4)C3)n[nH]2)cc1. The molecule has 1 amide bonds. The fourth-order valence-corrected chi connectivity index (χ4v) is 3.77. The van der Waals surface area contributed by atoms with Crippen molar-refractivity contribution >= 4 is 23.3 Å². The smallest absolute Gasteiger partial charge is 0.258 e. The van der Waals surface area contributed by atoms with Crippen molar-refractivity contribution in [2.75, 3.05) is 31.7 Å². The van der Waals surface area contributed by atoms with E-state index in [2.05, 4.69) is 20.4 Å². The summed E-state index contributed by atoms with van der Waals surface area (Å²) in [6.07, 6.45) is 1.91. The first-order valence-corrected chi connectivity index (χ1v) is 10.6. The van der Waals surface area contributed by atoms with Gasteiger partial charge in [0.2, 0.25) is 0 Å². The van der Waals surface area contributed by atoms with Crippen LogP contribution >= 0.6 is 11.6 Å². The number of rotatable bonds is 7. The number of benzene rings is 2. The third-order valence-electron chi connectivity index (χ3n) is 5.26. The minimum Gasteiger partial charge on any atom is -0.497 e. The number of carbonyl (C=O) groups excluding carboxylic acids is 1. The number of carbonyl (C=O) groups is 1. The van der Waals surface area contributed by atoms with Crippen LogP contribution < -0.4 is 19.7 Å². The highest BCUT2D eigenvalue weighted by Crippen LogP contribution is 2.25. The zero-order chi connectivity index (χ0) is 21.6. The highest BCUT2D eigenvalue weighted by atomic mass is 35.5. The first kappa shape index (κ1) is 21.1. The van der Waals surface area contributed by atoms with Gasteiger partial charge in [-0.15, -0.1) is 0 Å². The van der Waals surface area contributed by atoms with E-state index >= 15 is 0 Å². The second-order valence-corrected chi connectivity index (χ2v) is 7.90. The van der Waals surface area contributed by atoms with Crippen molar-refractivity contribution in [3.63, 3.8) is 0 Å². The Hall–Kier alpha value is -3.19. The maximum absolute atomic E-state index is 12.3. The number of aromatic amines is 1. The number of anilines is 1. The fraction of sp³-hybridized carbons (Fsp3) is 0.304. The summed E-state index contributed by atoms with van der Waals surface area (Å²) < 4.78 is 10.7. The van der Waals surface area contributed by atoms with Gasteiger partial charge in [-0.1, -0.05) is 11.6 Å². The van der Waals surface area contributed by atoms with Crippen LogP contribution in [0.25, 0.3) is 11.3 Å². The van der Waals surface area contributed by atoms with Gasteiger partial charge in [0.05, 0.1) is 12.8 Å². The van der Waals surface area contributed by atoms with Crippen molar-refractivity contribution in [2.45, 2.75) is 18.9 Å².